The maximum Gasteiger partial charge on any atom is 0.253 e. The molecule has 1 atom stereocenters. The van der Waals surface area contributed by atoms with E-state index in [4.69, 9.17) is 16.3 Å². The number of nitrogens with one attached hydrogen (secondary N) is 2. The third-order valence-electron chi connectivity index (χ3n) is 5.33. The summed E-state index contributed by atoms with van der Waals surface area (Å²) in [6.07, 6.45) is 1.35. The first kappa shape index (κ1) is 27.5. The number of ether oxygens (including phenoxy) is 1. The number of halogens is 2. The minimum atomic E-state index is -0.540. The van der Waals surface area contributed by atoms with Crippen molar-refractivity contribution in [3.05, 3.63) is 87.6 Å². The Morgan fingerprint density at radius 1 is 1.21 bits per heavy atom. The van der Waals surface area contributed by atoms with Gasteiger partial charge in [0, 0.05) is 26.4 Å². The van der Waals surface area contributed by atoms with Crippen LogP contribution in [0.15, 0.2) is 81.5 Å². The highest BCUT2D eigenvalue weighted by Gasteiger charge is 2.21. The molecule has 12 heteroatoms. The van der Waals surface area contributed by atoms with E-state index in [1.54, 1.807) is 19.1 Å². The number of carbonyl (C=O) groups is 1. The van der Waals surface area contributed by atoms with Gasteiger partial charge < -0.3 is 15.2 Å². The van der Waals surface area contributed by atoms with Crippen molar-refractivity contribution >= 4 is 57.1 Å². The van der Waals surface area contributed by atoms with Crippen molar-refractivity contribution in [3.63, 3.8) is 0 Å². The Bertz CT molecular complexity index is 1430. The van der Waals surface area contributed by atoms with Gasteiger partial charge in [-0.2, -0.15) is 5.10 Å². The SMILES string of the molecule is COc1cc(Br)cc(/C=N\NC(=O)C(C)Sc2nnc(CNc3ccc(Cl)cc3)n2-c2ccccc2)c1O. The molecule has 1 unspecified atom stereocenters. The molecule has 0 aliphatic carbocycles. The Balaban J connectivity index is 1.47. The first-order valence-electron chi connectivity index (χ1n) is 11.4. The molecule has 3 aromatic carbocycles. The average molecular weight is 616 g/mol. The van der Waals surface area contributed by atoms with Gasteiger partial charge in [0.2, 0.25) is 0 Å². The molecule has 1 amide bonds. The summed E-state index contributed by atoms with van der Waals surface area (Å²) in [4.78, 5) is 12.8. The monoisotopic (exact) mass is 614 g/mol. The van der Waals surface area contributed by atoms with Crippen LogP contribution in [0.5, 0.6) is 11.5 Å². The summed E-state index contributed by atoms with van der Waals surface area (Å²) >= 11 is 10.6. The first-order valence-corrected chi connectivity index (χ1v) is 13.5. The number of thioether (sulfide) groups is 1. The summed E-state index contributed by atoms with van der Waals surface area (Å²) in [5, 5.41) is 27.0. The van der Waals surface area contributed by atoms with Crippen LogP contribution in [0.3, 0.4) is 0 Å². The van der Waals surface area contributed by atoms with Gasteiger partial charge in [-0.05, 0) is 55.5 Å². The van der Waals surface area contributed by atoms with E-state index in [9.17, 15) is 9.90 Å². The molecule has 4 aromatic rings. The standard InChI is InChI=1S/C26H24BrClN6O3S/c1-16(25(36)32-30-14-17-12-18(27)13-22(37-2)24(17)35)38-26-33-31-23(34(26)21-6-4-3-5-7-21)15-29-20-10-8-19(28)9-11-20/h3-14,16,29,35H,15H2,1-2H3,(H,32,36)/b30-14-. The van der Waals surface area contributed by atoms with Crippen LogP contribution >= 0.6 is 39.3 Å². The van der Waals surface area contributed by atoms with Crippen LogP contribution < -0.4 is 15.5 Å². The second-order valence-corrected chi connectivity index (χ2v) is 10.6. The van der Waals surface area contributed by atoms with E-state index in [2.05, 4.69) is 42.0 Å². The number of carbonyl (C=O) groups excluding carboxylic acids is 1. The van der Waals surface area contributed by atoms with Gasteiger partial charge in [0.15, 0.2) is 22.5 Å². The highest BCUT2D eigenvalue weighted by Crippen LogP contribution is 2.32. The van der Waals surface area contributed by atoms with Gasteiger partial charge in [0.25, 0.3) is 5.91 Å². The summed E-state index contributed by atoms with van der Waals surface area (Å²) in [6.45, 7) is 2.17. The molecule has 0 fully saturated rings. The number of benzene rings is 3. The van der Waals surface area contributed by atoms with Crippen LogP contribution in [-0.2, 0) is 11.3 Å². The molecule has 3 N–H and O–H groups in total. The molecule has 1 aromatic heterocycles. The molecule has 0 spiro atoms. The number of phenols is 1. The summed E-state index contributed by atoms with van der Waals surface area (Å²) in [5.74, 6) is 0.555. The molecule has 0 radical (unpaired) electrons. The predicted octanol–water partition coefficient (Wildman–Crippen LogP) is 5.64. The zero-order valence-electron chi connectivity index (χ0n) is 20.4. The number of aromatic hydroxyl groups is 1. The second-order valence-electron chi connectivity index (χ2n) is 7.97. The van der Waals surface area contributed by atoms with Gasteiger partial charge in [-0.25, -0.2) is 5.43 Å². The molecule has 9 nitrogen and oxygen atoms in total. The van der Waals surface area contributed by atoms with Crippen molar-refractivity contribution in [2.45, 2.75) is 23.9 Å². The number of methoxy groups -OCH3 is 1. The van der Waals surface area contributed by atoms with Crippen LogP contribution in [0.4, 0.5) is 5.69 Å². The molecule has 1 heterocycles. The number of hydrogen-bond acceptors (Lipinski definition) is 8. The molecule has 4 rings (SSSR count). The minimum Gasteiger partial charge on any atom is -0.504 e. The van der Waals surface area contributed by atoms with E-state index >= 15 is 0 Å². The maximum absolute atomic E-state index is 12.8. The molecule has 0 bridgehead atoms. The molecule has 196 valence electrons. The number of nitrogens with zero attached hydrogens (tertiary/aromatic N) is 4. The van der Waals surface area contributed by atoms with E-state index in [0.29, 0.717) is 32.6 Å². The van der Waals surface area contributed by atoms with Crippen LogP contribution in [0.25, 0.3) is 5.69 Å². The lowest BCUT2D eigenvalue weighted by Crippen LogP contribution is -2.27. The number of hydrogen-bond donors (Lipinski definition) is 3. The average Bonchev–Trinajstić information content (AvgIpc) is 3.32. The van der Waals surface area contributed by atoms with Crippen LogP contribution in [0.1, 0.15) is 18.3 Å². The Kier molecular flexibility index (Phi) is 9.27. The lowest BCUT2D eigenvalue weighted by Gasteiger charge is -2.13. The Morgan fingerprint density at radius 3 is 2.66 bits per heavy atom. The van der Waals surface area contributed by atoms with Gasteiger partial charge in [-0.1, -0.05) is 57.5 Å². The van der Waals surface area contributed by atoms with Gasteiger partial charge in [-0.3, -0.25) is 9.36 Å². The Morgan fingerprint density at radius 2 is 1.95 bits per heavy atom. The minimum absolute atomic E-state index is 0.0770. The second kappa shape index (κ2) is 12.8. The predicted molar refractivity (Wildman–Crippen MR) is 154 cm³/mol. The fourth-order valence-electron chi connectivity index (χ4n) is 3.39. The number of para-hydroxylation sites is 1. The van der Waals surface area contributed by atoms with Crippen molar-refractivity contribution < 1.29 is 14.6 Å². The Hall–Kier alpha value is -3.54. The van der Waals surface area contributed by atoms with Gasteiger partial charge >= 0.3 is 0 Å². The van der Waals surface area contributed by atoms with Crippen LogP contribution in [0, 0.1) is 0 Å². The van der Waals surface area contributed by atoms with Crippen molar-refractivity contribution in [2.24, 2.45) is 5.10 Å². The number of amides is 1. The number of hydrazone groups is 1. The third kappa shape index (κ3) is 6.85. The molecular weight excluding hydrogens is 592 g/mol. The molecule has 0 aliphatic rings. The fraction of sp³-hybridized carbons (Fsp3) is 0.154. The smallest absolute Gasteiger partial charge is 0.253 e. The largest absolute Gasteiger partial charge is 0.504 e. The van der Waals surface area contributed by atoms with Crippen LogP contribution in [0.2, 0.25) is 5.02 Å². The molecule has 0 saturated carbocycles. The van der Waals surface area contributed by atoms with E-state index in [-0.39, 0.29) is 17.4 Å². The molecule has 0 saturated heterocycles. The summed E-state index contributed by atoms with van der Waals surface area (Å²) in [5.41, 5.74) is 4.67. The van der Waals surface area contributed by atoms with Gasteiger partial charge in [-0.15, -0.1) is 10.2 Å². The quantitative estimate of drug-likeness (QED) is 0.120. The summed E-state index contributed by atoms with van der Waals surface area (Å²) in [6, 6.07) is 20.4. The third-order valence-corrected chi connectivity index (χ3v) is 7.08. The molecule has 38 heavy (non-hydrogen) atoms. The van der Waals surface area contributed by atoms with Crippen molar-refractivity contribution in [1.82, 2.24) is 20.2 Å². The Labute approximate surface area is 237 Å². The zero-order chi connectivity index (χ0) is 27.1. The number of anilines is 1. The topological polar surface area (TPSA) is 114 Å². The van der Waals surface area contributed by atoms with E-state index in [0.717, 1.165) is 11.4 Å². The molecule has 0 aliphatic heterocycles. The summed E-state index contributed by atoms with van der Waals surface area (Å²) < 4.78 is 7.75. The molecular formula is C26H24BrClN6O3S. The van der Waals surface area contributed by atoms with Crippen molar-refractivity contribution in [1.29, 1.82) is 0 Å². The number of phenolic OH excluding ortho intramolecular Hbond substituents is 1. The van der Waals surface area contributed by atoms with E-state index in [1.807, 2.05) is 59.2 Å². The van der Waals surface area contributed by atoms with Crippen LogP contribution in [-0.4, -0.2) is 44.4 Å². The maximum atomic E-state index is 12.8. The summed E-state index contributed by atoms with van der Waals surface area (Å²) in [7, 11) is 1.45. The van der Waals surface area contributed by atoms with Crippen molar-refractivity contribution in [2.75, 3.05) is 12.4 Å². The lowest BCUT2D eigenvalue weighted by atomic mass is 10.2. The van der Waals surface area contributed by atoms with Crippen molar-refractivity contribution in [3.8, 4) is 17.2 Å². The lowest BCUT2D eigenvalue weighted by molar-refractivity contribution is -0.120. The van der Waals surface area contributed by atoms with Gasteiger partial charge in [0.05, 0.1) is 25.1 Å². The fourth-order valence-corrected chi connectivity index (χ4v) is 4.85. The highest BCUT2D eigenvalue weighted by molar-refractivity contribution is 9.10. The van der Waals surface area contributed by atoms with E-state index < -0.39 is 5.25 Å². The first-order chi connectivity index (χ1) is 18.4. The number of rotatable bonds is 10. The normalized spacial score (nSPS) is 11.9. The van der Waals surface area contributed by atoms with E-state index in [1.165, 1.54) is 25.1 Å². The highest BCUT2D eigenvalue weighted by atomic mass is 79.9. The number of aromatic nitrogens is 3. The van der Waals surface area contributed by atoms with Gasteiger partial charge in [0.1, 0.15) is 0 Å². The zero-order valence-corrected chi connectivity index (χ0v) is 23.6.